The van der Waals surface area contributed by atoms with Crippen molar-refractivity contribution >= 4 is 11.1 Å². The van der Waals surface area contributed by atoms with Crippen molar-refractivity contribution in [3.8, 4) is 5.75 Å². The van der Waals surface area contributed by atoms with Crippen LogP contribution in [-0.4, -0.2) is 15.1 Å². The van der Waals surface area contributed by atoms with Gasteiger partial charge in [-0.15, -0.1) is 0 Å². The lowest BCUT2D eigenvalue weighted by Crippen LogP contribution is -1.92. The van der Waals surface area contributed by atoms with Crippen molar-refractivity contribution in [2.45, 2.75) is 32.6 Å². The van der Waals surface area contributed by atoms with E-state index in [4.69, 9.17) is 0 Å². The molecular formula is C17H18N2O. The van der Waals surface area contributed by atoms with E-state index in [-0.39, 0.29) is 0 Å². The minimum Gasteiger partial charge on any atom is -0.508 e. The molecule has 1 aliphatic rings. The molecule has 2 aromatic rings. The summed E-state index contributed by atoms with van der Waals surface area (Å²) >= 11 is 0. The first-order valence-corrected chi connectivity index (χ1v) is 7.11. The van der Waals surface area contributed by atoms with E-state index in [1.807, 2.05) is 12.1 Å². The standard InChI is InChI=1S/C17H18N2O/c1-2-3-4-14-15(12-5-7-13(20)8-6-12)11-16-17(14)19-10-9-18-16/h5-10,20H,2-4,11H2,1H3. The first kappa shape index (κ1) is 12.9. The Morgan fingerprint density at radius 1 is 1.10 bits per heavy atom. The third-order valence-electron chi connectivity index (χ3n) is 3.76. The molecule has 0 bridgehead atoms. The molecule has 3 nitrogen and oxygen atoms in total. The van der Waals surface area contributed by atoms with Crippen LogP contribution in [0.2, 0.25) is 0 Å². The highest BCUT2D eigenvalue weighted by molar-refractivity contribution is 5.95. The van der Waals surface area contributed by atoms with Crippen LogP contribution in [0, 0.1) is 0 Å². The van der Waals surface area contributed by atoms with Gasteiger partial charge in [0.2, 0.25) is 0 Å². The van der Waals surface area contributed by atoms with Gasteiger partial charge in [-0.05, 0) is 41.7 Å². The van der Waals surface area contributed by atoms with Crippen molar-refractivity contribution in [2.75, 3.05) is 0 Å². The Morgan fingerprint density at radius 3 is 2.60 bits per heavy atom. The van der Waals surface area contributed by atoms with E-state index in [0.29, 0.717) is 5.75 Å². The maximum absolute atomic E-state index is 9.44. The summed E-state index contributed by atoms with van der Waals surface area (Å²) in [5, 5.41) is 9.44. The van der Waals surface area contributed by atoms with Crippen LogP contribution >= 0.6 is 0 Å². The summed E-state index contributed by atoms with van der Waals surface area (Å²) in [6, 6.07) is 7.43. The smallest absolute Gasteiger partial charge is 0.115 e. The molecule has 0 fully saturated rings. The summed E-state index contributed by atoms with van der Waals surface area (Å²) in [6.07, 6.45) is 7.74. The summed E-state index contributed by atoms with van der Waals surface area (Å²) < 4.78 is 0. The Balaban J connectivity index is 2.04. The zero-order valence-electron chi connectivity index (χ0n) is 11.6. The van der Waals surface area contributed by atoms with Crippen molar-refractivity contribution < 1.29 is 5.11 Å². The lowest BCUT2D eigenvalue weighted by molar-refractivity contribution is 0.475. The molecule has 102 valence electrons. The highest BCUT2D eigenvalue weighted by Gasteiger charge is 2.24. The number of hydrogen-bond acceptors (Lipinski definition) is 3. The predicted octanol–water partition coefficient (Wildman–Crippen LogP) is 3.84. The largest absolute Gasteiger partial charge is 0.508 e. The van der Waals surface area contributed by atoms with E-state index in [0.717, 1.165) is 36.2 Å². The number of rotatable bonds is 4. The Hall–Kier alpha value is -2.16. The molecule has 0 radical (unpaired) electrons. The van der Waals surface area contributed by atoms with Crippen molar-refractivity contribution in [1.82, 2.24) is 9.97 Å². The van der Waals surface area contributed by atoms with Gasteiger partial charge in [0.05, 0.1) is 11.4 Å². The lowest BCUT2D eigenvalue weighted by Gasteiger charge is -2.08. The van der Waals surface area contributed by atoms with Crippen LogP contribution in [0.1, 0.15) is 43.1 Å². The van der Waals surface area contributed by atoms with Gasteiger partial charge >= 0.3 is 0 Å². The molecular weight excluding hydrogens is 248 g/mol. The molecule has 0 saturated heterocycles. The van der Waals surface area contributed by atoms with Gasteiger partial charge in [-0.2, -0.15) is 0 Å². The second-order valence-corrected chi connectivity index (χ2v) is 5.14. The maximum Gasteiger partial charge on any atom is 0.115 e. The summed E-state index contributed by atoms with van der Waals surface area (Å²) in [5.41, 5.74) is 5.92. The molecule has 3 rings (SSSR count). The second kappa shape index (κ2) is 5.45. The number of hydrogen-bond donors (Lipinski definition) is 1. The maximum atomic E-state index is 9.44. The summed E-state index contributed by atoms with van der Waals surface area (Å²) in [7, 11) is 0. The number of unbranched alkanes of at least 4 members (excludes halogenated alkanes) is 1. The van der Waals surface area contributed by atoms with Crippen LogP contribution in [0.3, 0.4) is 0 Å². The van der Waals surface area contributed by atoms with Gasteiger partial charge in [0.15, 0.2) is 0 Å². The van der Waals surface area contributed by atoms with Crippen LogP contribution in [0.25, 0.3) is 11.1 Å². The first-order valence-electron chi connectivity index (χ1n) is 7.11. The molecule has 1 aromatic carbocycles. The van der Waals surface area contributed by atoms with Crippen LogP contribution in [0.15, 0.2) is 36.7 Å². The fraction of sp³-hybridized carbons (Fsp3) is 0.294. The number of phenolic OH excluding ortho intramolecular Hbond substituents is 1. The molecule has 1 heterocycles. The van der Waals surface area contributed by atoms with Crippen LogP contribution in [-0.2, 0) is 6.42 Å². The van der Waals surface area contributed by atoms with E-state index >= 15 is 0 Å². The molecule has 3 heteroatoms. The molecule has 0 spiro atoms. The number of benzene rings is 1. The number of nitrogens with zero attached hydrogens (tertiary/aromatic N) is 2. The van der Waals surface area contributed by atoms with Gasteiger partial charge < -0.3 is 5.11 Å². The zero-order valence-corrected chi connectivity index (χ0v) is 11.6. The number of fused-ring (bicyclic) bond motifs is 1. The number of phenols is 1. The predicted molar refractivity (Wildman–Crippen MR) is 80.2 cm³/mol. The Kier molecular flexibility index (Phi) is 3.50. The van der Waals surface area contributed by atoms with Gasteiger partial charge in [-0.25, -0.2) is 0 Å². The normalized spacial score (nSPS) is 13.7. The summed E-state index contributed by atoms with van der Waals surface area (Å²) in [4.78, 5) is 8.97. The monoisotopic (exact) mass is 266 g/mol. The molecule has 0 unspecified atom stereocenters. The van der Waals surface area contributed by atoms with Gasteiger partial charge in [0, 0.05) is 18.8 Å². The topological polar surface area (TPSA) is 46.0 Å². The van der Waals surface area contributed by atoms with E-state index in [1.54, 1.807) is 24.5 Å². The minimum atomic E-state index is 0.302. The Labute approximate surface area is 119 Å². The van der Waals surface area contributed by atoms with Crippen molar-refractivity contribution in [3.63, 3.8) is 0 Å². The van der Waals surface area contributed by atoms with Crippen molar-refractivity contribution in [2.24, 2.45) is 0 Å². The molecule has 0 aliphatic heterocycles. The second-order valence-electron chi connectivity index (χ2n) is 5.14. The molecule has 20 heavy (non-hydrogen) atoms. The highest BCUT2D eigenvalue weighted by atomic mass is 16.3. The third-order valence-corrected chi connectivity index (χ3v) is 3.76. The number of aromatic hydroxyl groups is 1. The summed E-state index contributed by atoms with van der Waals surface area (Å²) in [5.74, 6) is 0.302. The van der Waals surface area contributed by atoms with Gasteiger partial charge in [-0.3, -0.25) is 9.97 Å². The van der Waals surface area contributed by atoms with Crippen molar-refractivity contribution in [1.29, 1.82) is 0 Å². The quantitative estimate of drug-likeness (QED) is 0.914. The number of aromatic nitrogens is 2. The van der Waals surface area contributed by atoms with E-state index in [2.05, 4.69) is 16.9 Å². The van der Waals surface area contributed by atoms with E-state index < -0.39 is 0 Å². The van der Waals surface area contributed by atoms with Crippen LogP contribution in [0.4, 0.5) is 0 Å². The molecule has 0 amide bonds. The lowest BCUT2D eigenvalue weighted by atomic mass is 9.98. The van der Waals surface area contributed by atoms with Gasteiger partial charge in [-0.1, -0.05) is 25.5 Å². The van der Waals surface area contributed by atoms with Gasteiger partial charge in [0.1, 0.15) is 5.75 Å². The molecule has 0 saturated carbocycles. The third kappa shape index (κ3) is 2.31. The minimum absolute atomic E-state index is 0.302. The van der Waals surface area contributed by atoms with E-state index in [1.165, 1.54) is 17.6 Å². The SMILES string of the molecule is CCCCC1=C(c2ccc(O)cc2)Cc2nccnc21. The van der Waals surface area contributed by atoms with E-state index in [9.17, 15) is 5.11 Å². The molecule has 1 aliphatic carbocycles. The summed E-state index contributed by atoms with van der Waals surface area (Å²) in [6.45, 7) is 2.20. The fourth-order valence-electron chi connectivity index (χ4n) is 2.73. The Bertz CT molecular complexity index is 644. The van der Waals surface area contributed by atoms with Crippen molar-refractivity contribution in [3.05, 3.63) is 53.6 Å². The highest BCUT2D eigenvalue weighted by Crippen LogP contribution is 2.39. The fourth-order valence-corrected chi connectivity index (χ4v) is 2.73. The first-order chi connectivity index (χ1) is 9.79. The molecule has 0 atom stereocenters. The zero-order chi connectivity index (χ0) is 13.9. The van der Waals surface area contributed by atoms with Crippen LogP contribution < -0.4 is 0 Å². The average molecular weight is 266 g/mol. The average Bonchev–Trinajstić information content (AvgIpc) is 2.84. The molecule has 1 N–H and O–H groups in total. The van der Waals surface area contributed by atoms with Crippen LogP contribution in [0.5, 0.6) is 5.75 Å². The Morgan fingerprint density at radius 2 is 1.85 bits per heavy atom. The number of allylic oxidation sites excluding steroid dienone is 2. The molecule has 1 aromatic heterocycles. The van der Waals surface area contributed by atoms with Gasteiger partial charge in [0.25, 0.3) is 0 Å².